The Hall–Kier alpha value is -1.89. The van der Waals surface area contributed by atoms with Crippen molar-refractivity contribution in [1.82, 2.24) is 14.9 Å². The number of piperidine rings is 1. The Morgan fingerprint density at radius 3 is 3.06 bits per heavy atom. The molecule has 0 aromatic carbocycles. The number of carbonyl (C=O) groups is 2. The van der Waals surface area contributed by atoms with Crippen LogP contribution in [0.15, 0.2) is 6.20 Å². The van der Waals surface area contributed by atoms with Gasteiger partial charge >= 0.3 is 5.97 Å². The van der Waals surface area contributed by atoms with Gasteiger partial charge in [0.2, 0.25) is 5.95 Å². The third-order valence-corrected chi connectivity index (χ3v) is 3.35. The number of nitrogens with zero attached hydrogens (tertiary/aromatic N) is 2. The van der Waals surface area contributed by atoms with E-state index in [1.165, 1.54) is 0 Å². The van der Waals surface area contributed by atoms with Crippen molar-refractivity contribution in [2.75, 3.05) is 11.9 Å². The monoisotopic (exact) mass is 250 g/mol. The topological polar surface area (TPSA) is 96.3 Å². The molecule has 2 atom stereocenters. The Bertz CT molecular complexity index is 489. The molecule has 0 saturated carbocycles. The van der Waals surface area contributed by atoms with Gasteiger partial charge in [-0.1, -0.05) is 0 Å². The van der Waals surface area contributed by atoms with Crippen LogP contribution in [-0.2, 0) is 16.1 Å². The smallest absolute Gasteiger partial charge is 0.321 e. The number of fused-ring (bicyclic) bond motifs is 1. The van der Waals surface area contributed by atoms with Crippen LogP contribution in [-0.4, -0.2) is 39.0 Å². The fourth-order valence-corrected chi connectivity index (χ4v) is 2.45. The number of carboxylic acid groups (broad SMARTS) is 1. The first kappa shape index (κ1) is 11.2. The number of ketones is 1. The summed E-state index contributed by atoms with van der Waals surface area (Å²) in [5.74, 6) is -0.234. The molecule has 1 aromatic rings. The lowest BCUT2D eigenvalue weighted by atomic mass is 9.96. The van der Waals surface area contributed by atoms with Crippen LogP contribution in [0.2, 0.25) is 0 Å². The summed E-state index contributed by atoms with van der Waals surface area (Å²) in [6, 6.07) is -1.10. The number of hydrogen-bond acceptors (Lipinski definition) is 5. The number of imidazole rings is 1. The summed E-state index contributed by atoms with van der Waals surface area (Å²) in [6.07, 6.45) is 2.24. The number of Topliss-reactive ketones (excluding diaryl/α,β-unsaturated/α-hetero) is 1. The first-order valence-electron chi connectivity index (χ1n) is 5.95. The highest BCUT2D eigenvalue weighted by molar-refractivity contribution is 5.87. The van der Waals surface area contributed by atoms with Crippen molar-refractivity contribution < 1.29 is 14.7 Å². The quantitative estimate of drug-likeness (QED) is 0.670. The van der Waals surface area contributed by atoms with E-state index in [1.54, 1.807) is 0 Å². The summed E-state index contributed by atoms with van der Waals surface area (Å²) < 4.78 is 1.98. The average Bonchev–Trinajstić information content (AvgIpc) is 2.87. The Morgan fingerprint density at radius 1 is 1.50 bits per heavy atom. The number of carbonyl (C=O) groups excluding carboxylic acids is 1. The molecular formula is C11H14N4O3. The SMILES string of the molecule is O=C1CC(C(=O)O)NC(c2cn3c(n2)NCC3)C1. The maximum atomic E-state index is 11.6. The normalized spacial score (nSPS) is 26.8. The van der Waals surface area contributed by atoms with Crippen molar-refractivity contribution >= 4 is 17.7 Å². The van der Waals surface area contributed by atoms with Gasteiger partial charge in [0.1, 0.15) is 11.8 Å². The van der Waals surface area contributed by atoms with Gasteiger partial charge in [-0.3, -0.25) is 14.9 Å². The van der Waals surface area contributed by atoms with E-state index in [1.807, 2.05) is 10.8 Å². The highest BCUT2D eigenvalue weighted by atomic mass is 16.4. The zero-order valence-electron chi connectivity index (χ0n) is 9.72. The second-order valence-electron chi connectivity index (χ2n) is 4.67. The molecule has 3 heterocycles. The Kier molecular flexibility index (Phi) is 2.55. The molecule has 0 radical (unpaired) electrons. The second kappa shape index (κ2) is 4.09. The molecule has 18 heavy (non-hydrogen) atoms. The maximum Gasteiger partial charge on any atom is 0.321 e. The minimum Gasteiger partial charge on any atom is -0.480 e. The predicted molar refractivity (Wildman–Crippen MR) is 62.3 cm³/mol. The van der Waals surface area contributed by atoms with Crippen molar-refractivity contribution in [1.29, 1.82) is 0 Å². The number of aliphatic carboxylic acids is 1. The van der Waals surface area contributed by atoms with Gasteiger partial charge in [0.25, 0.3) is 0 Å². The fourth-order valence-electron chi connectivity index (χ4n) is 2.45. The van der Waals surface area contributed by atoms with Gasteiger partial charge in [-0.15, -0.1) is 0 Å². The van der Waals surface area contributed by atoms with Crippen LogP contribution in [0, 0.1) is 0 Å². The minimum absolute atomic E-state index is 0.0349. The van der Waals surface area contributed by atoms with E-state index in [0.29, 0.717) is 6.42 Å². The van der Waals surface area contributed by atoms with Gasteiger partial charge in [0, 0.05) is 32.1 Å². The Labute approximate surface area is 103 Å². The van der Waals surface area contributed by atoms with E-state index in [9.17, 15) is 9.59 Å². The van der Waals surface area contributed by atoms with Crippen LogP contribution in [0.4, 0.5) is 5.95 Å². The summed E-state index contributed by atoms with van der Waals surface area (Å²) in [4.78, 5) is 26.9. The fraction of sp³-hybridized carbons (Fsp3) is 0.545. The summed E-state index contributed by atoms with van der Waals surface area (Å²) in [6.45, 7) is 1.71. The van der Waals surface area contributed by atoms with Crippen molar-refractivity contribution in [3.8, 4) is 0 Å². The van der Waals surface area contributed by atoms with Gasteiger partial charge in [0.15, 0.2) is 0 Å². The average molecular weight is 250 g/mol. The molecule has 1 saturated heterocycles. The summed E-state index contributed by atoms with van der Waals surface area (Å²) >= 11 is 0. The first-order valence-corrected chi connectivity index (χ1v) is 5.95. The summed E-state index contributed by atoms with van der Waals surface area (Å²) in [7, 11) is 0. The molecule has 2 aliphatic heterocycles. The summed E-state index contributed by atoms with van der Waals surface area (Å²) in [5, 5.41) is 15.1. The van der Waals surface area contributed by atoms with Crippen LogP contribution in [0.3, 0.4) is 0 Å². The second-order valence-corrected chi connectivity index (χ2v) is 4.67. The van der Waals surface area contributed by atoms with Crippen molar-refractivity contribution in [2.45, 2.75) is 31.5 Å². The standard InChI is InChI=1S/C11H14N4O3/c16-6-3-7(13-8(4-6)10(17)18)9-5-15-2-1-12-11(15)14-9/h5,7-8,13H,1-4H2,(H,12,14)(H,17,18). The number of anilines is 1. The number of carboxylic acids is 1. The van der Waals surface area contributed by atoms with Gasteiger partial charge in [0.05, 0.1) is 11.7 Å². The van der Waals surface area contributed by atoms with Gasteiger partial charge in [-0.25, -0.2) is 4.98 Å². The zero-order valence-corrected chi connectivity index (χ0v) is 9.72. The van der Waals surface area contributed by atoms with E-state index in [-0.39, 0.29) is 18.2 Å². The van der Waals surface area contributed by atoms with Crippen LogP contribution < -0.4 is 10.6 Å². The Balaban J connectivity index is 1.82. The highest BCUT2D eigenvalue weighted by Gasteiger charge is 2.33. The van der Waals surface area contributed by atoms with E-state index in [2.05, 4.69) is 15.6 Å². The third kappa shape index (κ3) is 1.86. The molecule has 2 unspecified atom stereocenters. The summed E-state index contributed by atoms with van der Waals surface area (Å²) in [5.41, 5.74) is 0.733. The molecule has 0 amide bonds. The molecule has 7 heteroatoms. The van der Waals surface area contributed by atoms with Crippen LogP contribution in [0.5, 0.6) is 0 Å². The van der Waals surface area contributed by atoms with E-state index >= 15 is 0 Å². The molecule has 1 aromatic heterocycles. The lowest BCUT2D eigenvalue weighted by Gasteiger charge is -2.26. The van der Waals surface area contributed by atoms with E-state index in [0.717, 1.165) is 24.7 Å². The molecule has 0 bridgehead atoms. The molecule has 0 spiro atoms. The Morgan fingerprint density at radius 2 is 2.33 bits per heavy atom. The molecule has 3 rings (SSSR count). The number of aromatic nitrogens is 2. The van der Waals surface area contributed by atoms with E-state index in [4.69, 9.17) is 5.11 Å². The first-order chi connectivity index (χ1) is 8.63. The van der Waals surface area contributed by atoms with Gasteiger partial charge < -0.3 is 15.0 Å². The van der Waals surface area contributed by atoms with Crippen molar-refractivity contribution in [2.24, 2.45) is 0 Å². The molecule has 7 nitrogen and oxygen atoms in total. The molecule has 0 aliphatic carbocycles. The highest BCUT2D eigenvalue weighted by Crippen LogP contribution is 2.25. The number of nitrogens with one attached hydrogen (secondary N) is 2. The van der Waals surface area contributed by atoms with Crippen LogP contribution in [0.25, 0.3) is 0 Å². The van der Waals surface area contributed by atoms with Crippen molar-refractivity contribution in [3.05, 3.63) is 11.9 Å². The third-order valence-electron chi connectivity index (χ3n) is 3.35. The zero-order chi connectivity index (χ0) is 12.7. The molecule has 3 N–H and O–H groups in total. The lowest BCUT2D eigenvalue weighted by Crippen LogP contribution is -2.45. The van der Waals surface area contributed by atoms with Crippen LogP contribution >= 0.6 is 0 Å². The van der Waals surface area contributed by atoms with Crippen LogP contribution in [0.1, 0.15) is 24.6 Å². The molecule has 96 valence electrons. The number of rotatable bonds is 2. The lowest BCUT2D eigenvalue weighted by molar-refractivity contribution is -0.143. The van der Waals surface area contributed by atoms with Crippen molar-refractivity contribution in [3.63, 3.8) is 0 Å². The number of hydrogen-bond donors (Lipinski definition) is 3. The molecule has 1 fully saturated rings. The maximum absolute atomic E-state index is 11.6. The largest absolute Gasteiger partial charge is 0.480 e. The molecular weight excluding hydrogens is 236 g/mol. The van der Waals surface area contributed by atoms with Gasteiger partial charge in [-0.2, -0.15) is 0 Å². The van der Waals surface area contributed by atoms with E-state index < -0.39 is 12.0 Å². The molecule has 2 aliphatic rings. The van der Waals surface area contributed by atoms with Gasteiger partial charge in [-0.05, 0) is 0 Å². The minimum atomic E-state index is -0.988. The predicted octanol–water partition coefficient (Wildman–Crippen LogP) is -0.245.